The first-order valence-electron chi connectivity index (χ1n) is 12.2. The number of benzene rings is 3. The molecule has 0 saturated carbocycles. The van der Waals surface area contributed by atoms with Gasteiger partial charge in [0.1, 0.15) is 17.7 Å². The highest BCUT2D eigenvalue weighted by molar-refractivity contribution is 8.12. The van der Waals surface area contributed by atoms with Gasteiger partial charge in [0.15, 0.2) is 0 Å². The molecule has 2 saturated heterocycles. The zero-order chi connectivity index (χ0) is 26.8. The molecule has 2 heterocycles. The number of nitrogens with zero attached hydrogens (tertiary/aromatic N) is 3. The third-order valence-electron chi connectivity index (χ3n) is 6.73. The Morgan fingerprint density at radius 2 is 1.74 bits per heavy atom. The lowest BCUT2D eigenvalue weighted by atomic mass is 10.1. The Morgan fingerprint density at radius 3 is 2.47 bits per heavy atom. The SMILES string of the molecule is CSC(=O)NC[C@H]1CN(c2ccc(N3CCN(C(=O)c4ccc5cc(F)ccc5c4)CC3)c(F)c2)C(=O)O1. The Labute approximate surface area is 222 Å². The van der Waals surface area contributed by atoms with Crippen molar-refractivity contribution in [1.29, 1.82) is 0 Å². The number of amides is 3. The number of carbonyl (C=O) groups is 3. The Bertz CT molecular complexity index is 1400. The summed E-state index contributed by atoms with van der Waals surface area (Å²) in [6.45, 7) is 2.13. The number of piperazine rings is 1. The number of carbonyl (C=O) groups excluding carboxylic acids is 3. The minimum atomic E-state index is -0.591. The number of anilines is 2. The molecule has 5 rings (SSSR count). The Kier molecular flexibility index (Phi) is 7.37. The summed E-state index contributed by atoms with van der Waals surface area (Å²) in [5, 5.41) is 3.96. The van der Waals surface area contributed by atoms with Gasteiger partial charge in [0, 0.05) is 31.7 Å². The molecule has 198 valence electrons. The number of ether oxygens (including phenoxy) is 1. The van der Waals surface area contributed by atoms with Crippen molar-refractivity contribution in [3.05, 3.63) is 71.8 Å². The van der Waals surface area contributed by atoms with Crippen LogP contribution in [0.3, 0.4) is 0 Å². The van der Waals surface area contributed by atoms with Crippen LogP contribution in [-0.4, -0.2) is 73.8 Å². The highest BCUT2D eigenvalue weighted by atomic mass is 32.2. The van der Waals surface area contributed by atoms with Crippen LogP contribution >= 0.6 is 11.8 Å². The number of hydrogen-bond acceptors (Lipinski definition) is 6. The molecule has 0 radical (unpaired) electrons. The lowest BCUT2D eigenvalue weighted by Crippen LogP contribution is -2.49. The number of hydrogen-bond donors (Lipinski definition) is 1. The van der Waals surface area contributed by atoms with Gasteiger partial charge in [-0.1, -0.05) is 23.9 Å². The quantitative estimate of drug-likeness (QED) is 0.514. The van der Waals surface area contributed by atoms with Gasteiger partial charge in [0.05, 0.1) is 24.5 Å². The molecule has 3 amide bonds. The number of halogens is 2. The van der Waals surface area contributed by atoms with Gasteiger partial charge in [-0.15, -0.1) is 0 Å². The van der Waals surface area contributed by atoms with E-state index in [-0.39, 0.29) is 30.1 Å². The Morgan fingerprint density at radius 1 is 1.00 bits per heavy atom. The van der Waals surface area contributed by atoms with E-state index in [1.54, 1.807) is 47.6 Å². The lowest BCUT2D eigenvalue weighted by molar-refractivity contribution is 0.0746. The second-order valence-corrected chi connectivity index (χ2v) is 9.89. The van der Waals surface area contributed by atoms with Gasteiger partial charge < -0.3 is 19.9 Å². The van der Waals surface area contributed by atoms with Crippen molar-refractivity contribution in [1.82, 2.24) is 10.2 Å². The maximum atomic E-state index is 15.1. The summed E-state index contributed by atoms with van der Waals surface area (Å²) in [6, 6.07) is 14.2. The first-order chi connectivity index (χ1) is 18.3. The molecule has 2 fully saturated rings. The van der Waals surface area contributed by atoms with E-state index in [2.05, 4.69) is 5.32 Å². The average Bonchev–Trinajstić information content (AvgIpc) is 3.31. The molecule has 1 N–H and O–H groups in total. The molecule has 11 heteroatoms. The van der Waals surface area contributed by atoms with Gasteiger partial charge in [-0.25, -0.2) is 13.6 Å². The molecule has 3 aromatic carbocycles. The van der Waals surface area contributed by atoms with Crippen LogP contribution < -0.4 is 15.1 Å². The van der Waals surface area contributed by atoms with Crippen LogP contribution in [-0.2, 0) is 4.74 Å². The van der Waals surface area contributed by atoms with Gasteiger partial charge in [0.2, 0.25) is 0 Å². The van der Waals surface area contributed by atoms with Crippen LogP contribution in [0.15, 0.2) is 54.6 Å². The Hall–Kier alpha value is -3.86. The second kappa shape index (κ2) is 10.9. The first kappa shape index (κ1) is 25.8. The summed E-state index contributed by atoms with van der Waals surface area (Å²) >= 11 is 1.03. The molecule has 3 aromatic rings. The molecule has 2 aliphatic rings. The minimum Gasteiger partial charge on any atom is -0.442 e. The number of cyclic esters (lactones) is 1. The zero-order valence-electron chi connectivity index (χ0n) is 20.7. The van der Waals surface area contributed by atoms with E-state index in [0.717, 1.165) is 22.5 Å². The highest BCUT2D eigenvalue weighted by Crippen LogP contribution is 2.29. The Balaban J connectivity index is 1.20. The van der Waals surface area contributed by atoms with Crippen LogP contribution in [0.4, 0.5) is 29.7 Å². The van der Waals surface area contributed by atoms with E-state index in [4.69, 9.17) is 4.74 Å². The van der Waals surface area contributed by atoms with Gasteiger partial charge in [-0.3, -0.25) is 14.5 Å². The molecular formula is C27H26F2N4O4S. The van der Waals surface area contributed by atoms with Crippen LogP contribution in [0.5, 0.6) is 0 Å². The van der Waals surface area contributed by atoms with E-state index in [1.165, 1.54) is 23.1 Å². The molecule has 0 unspecified atom stereocenters. The van der Waals surface area contributed by atoms with Gasteiger partial charge in [-0.05, 0) is 59.5 Å². The number of thioether (sulfide) groups is 1. The smallest absolute Gasteiger partial charge is 0.414 e. The third kappa shape index (κ3) is 5.38. The van der Waals surface area contributed by atoms with Crippen molar-refractivity contribution in [2.45, 2.75) is 6.10 Å². The fourth-order valence-corrected chi connectivity index (χ4v) is 4.94. The van der Waals surface area contributed by atoms with E-state index >= 15 is 4.39 Å². The monoisotopic (exact) mass is 540 g/mol. The predicted octanol–water partition coefficient (Wildman–Crippen LogP) is 4.48. The lowest BCUT2D eigenvalue weighted by Gasteiger charge is -2.36. The van der Waals surface area contributed by atoms with Crippen LogP contribution in [0.2, 0.25) is 0 Å². The molecule has 8 nitrogen and oxygen atoms in total. The van der Waals surface area contributed by atoms with Gasteiger partial charge in [-0.2, -0.15) is 0 Å². The van der Waals surface area contributed by atoms with Gasteiger partial charge >= 0.3 is 6.09 Å². The molecule has 0 aliphatic carbocycles. The van der Waals surface area contributed by atoms with E-state index in [0.29, 0.717) is 43.1 Å². The zero-order valence-corrected chi connectivity index (χ0v) is 21.5. The maximum absolute atomic E-state index is 15.1. The summed E-state index contributed by atoms with van der Waals surface area (Å²) < 4.78 is 33.9. The maximum Gasteiger partial charge on any atom is 0.414 e. The van der Waals surface area contributed by atoms with Crippen molar-refractivity contribution in [2.24, 2.45) is 0 Å². The van der Waals surface area contributed by atoms with Crippen LogP contribution in [0.25, 0.3) is 10.8 Å². The standard InChI is InChI=1S/C27H26F2N4O4S/c1-38-26(35)30-15-22-16-33(27(36)37-22)21-6-7-24(23(29)14-21)31-8-10-32(11-9-31)25(34)19-3-2-18-13-20(28)5-4-17(18)12-19/h2-7,12-14,22H,8-11,15-16H2,1H3,(H,30,35)/t22-/m0/s1. The normalized spacial score (nSPS) is 17.6. The minimum absolute atomic E-state index is 0.123. The third-order valence-corrected chi connectivity index (χ3v) is 7.25. The molecular weight excluding hydrogens is 514 g/mol. The summed E-state index contributed by atoms with van der Waals surface area (Å²) in [7, 11) is 0. The predicted molar refractivity (Wildman–Crippen MR) is 143 cm³/mol. The molecule has 2 aliphatic heterocycles. The number of rotatable bonds is 5. The van der Waals surface area contributed by atoms with Crippen molar-refractivity contribution in [3.63, 3.8) is 0 Å². The summed E-state index contributed by atoms with van der Waals surface area (Å²) in [6.07, 6.45) is 0.543. The van der Waals surface area contributed by atoms with Crippen LogP contribution in [0.1, 0.15) is 10.4 Å². The topological polar surface area (TPSA) is 82.2 Å². The molecule has 0 spiro atoms. The highest BCUT2D eigenvalue weighted by Gasteiger charge is 2.33. The van der Waals surface area contributed by atoms with E-state index in [9.17, 15) is 18.8 Å². The summed E-state index contributed by atoms with van der Waals surface area (Å²) in [5.74, 6) is -0.923. The molecule has 38 heavy (non-hydrogen) atoms. The molecule has 0 bridgehead atoms. The van der Waals surface area contributed by atoms with E-state index in [1.807, 2.05) is 4.90 Å². The molecule has 1 atom stereocenters. The summed E-state index contributed by atoms with van der Waals surface area (Å²) in [5.41, 5.74) is 1.29. The molecule has 0 aromatic heterocycles. The van der Waals surface area contributed by atoms with Crippen molar-refractivity contribution < 1.29 is 27.9 Å². The van der Waals surface area contributed by atoms with Crippen molar-refractivity contribution in [3.8, 4) is 0 Å². The second-order valence-electron chi connectivity index (χ2n) is 9.11. The van der Waals surface area contributed by atoms with Crippen LogP contribution in [0, 0.1) is 11.6 Å². The number of fused-ring (bicyclic) bond motifs is 1. The number of nitrogens with one attached hydrogen (secondary N) is 1. The van der Waals surface area contributed by atoms with Gasteiger partial charge in [0.25, 0.3) is 11.1 Å². The first-order valence-corrected chi connectivity index (χ1v) is 13.4. The largest absolute Gasteiger partial charge is 0.442 e. The fraction of sp³-hybridized carbons (Fsp3) is 0.296. The fourth-order valence-electron chi connectivity index (χ4n) is 4.71. The summed E-state index contributed by atoms with van der Waals surface area (Å²) in [4.78, 5) is 41.7. The average molecular weight is 541 g/mol. The van der Waals surface area contributed by atoms with E-state index < -0.39 is 18.0 Å². The van der Waals surface area contributed by atoms with Crippen molar-refractivity contribution >= 4 is 51.1 Å². The van der Waals surface area contributed by atoms with Crippen molar-refractivity contribution in [2.75, 3.05) is 55.3 Å².